The van der Waals surface area contributed by atoms with Crippen molar-refractivity contribution in [3.05, 3.63) is 0 Å². The van der Waals surface area contributed by atoms with Gasteiger partial charge in [-0.1, -0.05) is 0 Å². The van der Waals surface area contributed by atoms with Crippen LogP contribution in [0.5, 0.6) is 0 Å². The van der Waals surface area contributed by atoms with Crippen molar-refractivity contribution in [2.75, 3.05) is 19.6 Å². The summed E-state index contributed by atoms with van der Waals surface area (Å²) < 4.78 is 0. The third kappa shape index (κ3) is 1.46. The Hall–Kier alpha value is -0.610. The maximum atomic E-state index is 11.0. The van der Waals surface area contributed by atoms with E-state index in [9.17, 15) is 4.79 Å². The van der Waals surface area contributed by atoms with Gasteiger partial charge < -0.3 is 16.4 Å². The van der Waals surface area contributed by atoms with E-state index in [0.717, 1.165) is 0 Å². The summed E-state index contributed by atoms with van der Waals surface area (Å²) >= 11 is 0. The van der Waals surface area contributed by atoms with Crippen molar-refractivity contribution in [2.24, 2.45) is 11.5 Å². The molecule has 1 aliphatic rings. The SMILES string of the molecule is NCCC(=O)N1CC(N)C1. The summed E-state index contributed by atoms with van der Waals surface area (Å²) in [5, 5.41) is 0. The third-order valence-corrected chi connectivity index (χ3v) is 1.62. The summed E-state index contributed by atoms with van der Waals surface area (Å²) in [4.78, 5) is 12.7. The Morgan fingerprint density at radius 3 is 2.60 bits per heavy atom. The molecule has 1 saturated heterocycles. The smallest absolute Gasteiger partial charge is 0.223 e. The van der Waals surface area contributed by atoms with E-state index in [-0.39, 0.29) is 11.9 Å². The molecule has 0 saturated carbocycles. The number of hydrogen-bond acceptors (Lipinski definition) is 3. The van der Waals surface area contributed by atoms with Gasteiger partial charge in [-0.3, -0.25) is 4.79 Å². The van der Waals surface area contributed by atoms with Gasteiger partial charge in [-0.25, -0.2) is 0 Å². The molecule has 0 aromatic heterocycles. The zero-order chi connectivity index (χ0) is 7.56. The van der Waals surface area contributed by atoms with E-state index in [2.05, 4.69) is 0 Å². The molecule has 4 N–H and O–H groups in total. The molecule has 0 unspecified atom stereocenters. The summed E-state index contributed by atoms with van der Waals surface area (Å²) in [6, 6.07) is 0.196. The van der Waals surface area contributed by atoms with Crippen LogP contribution in [0.4, 0.5) is 0 Å². The molecule has 58 valence electrons. The number of amides is 1. The molecule has 1 aliphatic heterocycles. The van der Waals surface area contributed by atoms with Crippen LogP contribution in [0.1, 0.15) is 6.42 Å². The minimum absolute atomic E-state index is 0.129. The van der Waals surface area contributed by atoms with Crippen molar-refractivity contribution in [3.8, 4) is 0 Å². The highest BCUT2D eigenvalue weighted by atomic mass is 16.2. The molecule has 0 aromatic rings. The number of carbonyl (C=O) groups is 1. The molecular weight excluding hydrogens is 130 g/mol. The van der Waals surface area contributed by atoms with E-state index in [1.165, 1.54) is 0 Å². The van der Waals surface area contributed by atoms with Crippen LogP contribution in [-0.2, 0) is 4.79 Å². The minimum Gasteiger partial charge on any atom is -0.339 e. The number of rotatable bonds is 2. The average Bonchev–Trinajstić information content (AvgIpc) is 1.82. The van der Waals surface area contributed by atoms with E-state index in [1.54, 1.807) is 4.90 Å². The van der Waals surface area contributed by atoms with Gasteiger partial charge in [0.25, 0.3) is 0 Å². The fraction of sp³-hybridized carbons (Fsp3) is 0.833. The minimum atomic E-state index is 0.129. The largest absolute Gasteiger partial charge is 0.339 e. The first-order valence-electron chi connectivity index (χ1n) is 3.47. The summed E-state index contributed by atoms with van der Waals surface area (Å²) in [6.07, 6.45) is 0.451. The molecule has 10 heavy (non-hydrogen) atoms. The quantitative estimate of drug-likeness (QED) is 0.494. The number of nitrogens with two attached hydrogens (primary N) is 2. The van der Waals surface area contributed by atoms with Crippen molar-refractivity contribution < 1.29 is 4.79 Å². The predicted octanol–water partition coefficient (Wildman–Crippen LogP) is -1.50. The van der Waals surface area contributed by atoms with Crippen molar-refractivity contribution in [1.82, 2.24) is 4.90 Å². The first-order valence-corrected chi connectivity index (χ1v) is 3.47. The lowest BCUT2D eigenvalue weighted by Gasteiger charge is -2.36. The van der Waals surface area contributed by atoms with Crippen LogP contribution in [0.25, 0.3) is 0 Å². The summed E-state index contributed by atoms with van der Waals surface area (Å²) in [5.74, 6) is 0.129. The lowest BCUT2D eigenvalue weighted by Crippen LogP contribution is -2.58. The van der Waals surface area contributed by atoms with E-state index >= 15 is 0 Å². The maximum absolute atomic E-state index is 11.0. The van der Waals surface area contributed by atoms with Crippen molar-refractivity contribution >= 4 is 5.91 Å². The van der Waals surface area contributed by atoms with Gasteiger partial charge >= 0.3 is 0 Å². The van der Waals surface area contributed by atoms with Gasteiger partial charge in [0.2, 0.25) is 5.91 Å². The van der Waals surface area contributed by atoms with E-state index in [0.29, 0.717) is 26.1 Å². The molecule has 4 nitrogen and oxygen atoms in total. The molecule has 0 aromatic carbocycles. The Kier molecular flexibility index (Phi) is 2.24. The molecule has 1 rings (SSSR count). The standard InChI is InChI=1S/C6H13N3O/c7-2-1-6(10)9-3-5(8)4-9/h5H,1-4,7-8H2. The fourth-order valence-corrected chi connectivity index (χ4v) is 0.998. The van der Waals surface area contributed by atoms with E-state index in [1.807, 2.05) is 0 Å². The average molecular weight is 143 g/mol. The second-order valence-corrected chi connectivity index (χ2v) is 2.60. The second-order valence-electron chi connectivity index (χ2n) is 2.60. The Labute approximate surface area is 60.2 Å². The van der Waals surface area contributed by atoms with Crippen LogP contribution >= 0.6 is 0 Å². The Bertz CT molecular complexity index is 131. The molecule has 0 aliphatic carbocycles. The lowest BCUT2D eigenvalue weighted by molar-refractivity contribution is -0.135. The van der Waals surface area contributed by atoms with Crippen molar-refractivity contribution in [1.29, 1.82) is 0 Å². The predicted molar refractivity (Wildman–Crippen MR) is 38.2 cm³/mol. The number of likely N-dealkylation sites (tertiary alicyclic amines) is 1. The maximum Gasteiger partial charge on any atom is 0.223 e. The van der Waals surface area contributed by atoms with Crippen LogP contribution in [-0.4, -0.2) is 36.5 Å². The summed E-state index contributed by atoms with van der Waals surface area (Å²) in [5.41, 5.74) is 10.7. The van der Waals surface area contributed by atoms with Gasteiger partial charge in [-0.15, -0.1) is 0 Å². The van der Waals surface area contributed by atoms with Gasteiger partial charge in [0.05, 0.1) is 0 Å². The topological polar surface area (TPSA) is 72.4 Å². The second kappa shape index (κ2) is 2.98. The monoisotopic (exact) mass is 143 g/mol. The fourth-order valence-electron chi connectivity index (χ4n) is 0.998. The van der Waals surface area contributed by atoms with E-state index in [4.69, 9.17) is 11.5 Å². The first kappa shape index (κ1) is 7.50. The highest BCUT2D eigenvalue weighted by Gasteiger charge is 2.26. The number of carbonyl (C=O) groups excluding carboxylic acids is 1. The van der Waals surface area contributed by atoms with Gasteiger partial charge in [0.15, 0.2) is 0 Å². The van der Waals surface area contributed by atoms with Gasteiger partial charge in [0, 0.05) is 32.1 Å². The van der Waals surface area contributed by atoms with Crippen LogP contribution in [0.15, 0.2) is 0 Å². The first-order chi connectivity index (χ1) is 4.74. The van der Waals surface area contributed by atoms with Crippen molar-refractivity contribution in [3.63, 3.8) is 0 Å². The van der Waals surface area contributed by atoms with Crippen LogP contribution in [0.2, 0.25) is 0 Å². The molecule has 0 radical (unpaired) electrons. The molecule has 4 heteroatoms. The van der Waals surface area contributed by atoms with Crippen LogP contribution in [0, 0.1) is 0 Å². The summed E-state index contributed by atoms with van der Waals surface area (Å²) in [7, 11) is 0. The van der Waals surface area contributed by atoms with E-state index < -0.39 is 0 Å². The zero-order valence-corrected chi connectivity index (χ0v) is 5.92. The Balaban J connectivity index is 2.18. The Morgan fingerprint density at radius 1 is 1.60 bits per heavy atom. The van der Waals surface area contributed by atoms with Gasteiger partial charge in [-0.2, -0.15) is 0 Å². The molecule has 1 fully saturated rings. The molecule has 0 atom stereocenters. The molecule has 0 bridgehead atoms. The molecule has 1 heterocycles. The lowest BCUT2D eigenvalue weighted by atomic mass is 10.1. The molecule has 0 spiro atoms. The zero-order valence-electron chi connectivity index (χ0n) is 5.92. The Morgan fingerprint density at radius 2 is 2.20 bits per heavy atom. The normalized spacial score (nSPS) is 18.8. The number of nitrogens with zero attached hydrogens (tertiary/aromatic N) is 1. The third-order valence-electron chi connectivity index (χ3n) is 1.62. The van der Waals surface area contributed by atoms with Crippen LogP contribution < -0.4 is 11.5 Å². The van der Waals surface area contributed by atoms with Gasteiger partial charge in [0.1, 0.15) is 0 Å². The van der Waals surface area contributed by atoms with Crippen LogP contribution in [0.3, 0.4) is 0 Å². The molecular formula is C6H13N3O. The van der Waals surface area contributed by atoms with Gasteiger partial charge in [-0.05, 0) is 0 Å². The molecule has 1 amide bonds. The van der Waals surface area contributed by atoms with Crippen molar-refractivity contribution in [2.45, 2.75) is 12.5 Å². The summed E-state index contributed by atoms with van der Waals surface area (Å²) in [6.45, 7) is 1.85. The highest BCUT2D eigenvalue weighted by molar-refractivity contribution is 5.77. The number of hydrogen-bond donors (Lipinski definition) is 2. The highest BCUT2D eigenvalue weighted by Crippen LogP contribution is 2.05.